The van der Waals surface area contributed by atoms with Crippen molar-refractivity contribution in [1.82, 2.24) is 24.9 Å². The van der Waals surface area contributed by atoms with E-state index in [0.29, 0.717) is 57.3 Å². The first-order valence-electron chi connectivity index (χ1n) is 17.4. The number of nitrogens with zero attached hydrogens (tertiary/aromatic N) is 4. The molecule has 6 rings (SSSR count). The Morgan fingerprint density at radius 1 is 0.830 bits per heavy atom. The Bertz CT molecular complexity index is 1460. The molecule has 0 bridgehead atoms. The number of para-hydroxylation sites is 1. The smallest absolute Gasteiger partial charge is 0.322 e. The van der Waals surface area contributed by atoms with Gasteiger partial charge in [-0.1, -0.05) is 36.8 Å². The van der Waals surface area contributed by atoms with Gasteiger partial charge in [-0.25, -0.2) is 9.59 Å². The zero-order valence-electron chi connectivity index (χ0n) is 27.8. The summed E-state index contributed by atoms with van der Waals surface area (Å²) in [6.45, 7) is 8.96. The van der Waals surface area contributed by atoms with Gasteiger partial charge in [0.05, 0.1) is 6.42 Å². The highest BCUT2D eigenvalue weighted by molar-refractivity contribution is 5.96. The number of urea groups is 2. The molecule has 11 nitrogen and oxygen atoms in total. The lowest BCUT2D eigenvalue weighted by Crippen LogP contribution is -2.56. The Labute approximate surface area is 278 Å². The van der Waals surface area contributed by atoms with Gasteiger partial charge in [-0.15, -0.1) is 0 Å². The molecular formula is C36H49N7O4. The van der Waals surface area contributed by atoms with Gasteiger partial charge in [0.25, 0.3) is 0 Å². The van der Waals surface area contributed by atoms with E-state index >= 15 is 0 Å². The van der Waals surface area contributed by atoms with Crippen molar-refractivity contribution in [3.05, 3.63) is 59.2 Å². The Kier molecular flexibility index (Phi) is 10.3. The van der Waals surface area contributed by atoms with Crippen LogP contribution in [0.4, 0.5) is 21.0 Å². The van der Waals surface area contributed by atoms with Crippen molar-refractivity contribution >= 4 is 35.3 Å². The normalized spacial score (nSPS) is 20.3. The number of carbonyl (C=O) groups excluding carboxylic acids is 4. The van der Waals surface area contributed by atoms with Crippen molar-refractivity contribution in [2.24, 2.45) is 0 Å². The van der Waals surface area contributed by atoms with Crippen LogP contribution in [0.25, 0.3) is 0 Å². The van der Waals surface area contributed by atoms with Crippen molar-refractivity contribution in [3.8, 4) is 0 Å². The SMILES string of the molecule is Cc1cccc(NC(=O)N[C@@H](CC(=O)N2CCC(N3Cc4ccccc4NC3=O)CC2)C(=O)N2CCC(N3CCCCC3)CC2)c1C. The lowest BCUT2D eigenvalue weighted by molar-refractivity contribution is -0.140. The highest BCUT2D eigenvalue weighted by atomic mass is 16.2. The number of amides is 6. The molecule has 3 saturated heterocycles. The Morgan fingerprint density at radius 3 is 2.26 bits per heavy atom. The molecule has 11 heteroatoms. The summed E-state index contributed by atoms with van der Waals surface area (Å²) in [5, 5.41) is 8.76. The first kappa shape index (κ1) is 32.8. The fraction of sp³-hybridized carbons (Fsp3) is 0.556. The van der Waals surface area contributed by atoms with Gasteiger partial charge in [0.1, 0.15) is 6.04 Å². The average Bonchev–Trinajstić information content (AvgIpc) is 3.10. The van der Waals surface area contributed by atoms with E-state index in [-0.39, 0.29) is 30.3 Å². The molecule has 6 amide bonds. The van der Waals surface area contributed by atoms with Crippen molar-refractivity contribution in [2.75, 3.05) is 49.9 Å². The van der Waals surface area contributed by atoms with E-state index in [1.165, 1.54) is 19.3 Å². The van der Waals surface area contributed by atoms with E-state index in [9.17, 15) is 19.2 Å². The van der Waals surface area contributed by atoms with Crippen molar-refractivity contribution in [1.29, 1.82) is 0 Å². The van der Waals surface area contributed by atoms with Gasteiger partial charge in [0.2, 0.25) is 11.8 Å². The first-order valence-corrected chi connectivity index (χ1v) is 17.4. The van der Waals surface area contributed by atoms with Crippen molar-refractivity contribution in [2.45, 2.75) is 89.9 Å². The van der Waals surface area contributed by atoms with Crippen molar-refractivity contribution in [3.63, 3.8) is 0 Å². The van der Waals surface area contributed by atoms with Crippen LogP contribution in [0, 0.1) is 13.8 Å². The second-order valence-corrected chi connectivity index (χ2v) is 13.6. The van der Waals surface area contributed by atoms with Crippen molar-refractivity contribution < 1.29 is 19.2 Å². The topological polar surface area (TPSA) is 117 Å². The average molecular weight is 644 g/mol. The van der Waals surface area contributed by atoms with Crippen LogP contribution in [0.3, 0.4) is 0 Å². The van der Waals surface area contributed by atoms with Crippen LogP contribution in [-0.2, 0) is 16.1 Å². The molecule has 252 valence electrons. The minimum atomic E-state index is -0.971. The fourth-order valence-electron chi connectivity index (χ4n) is 7.61. The zero-order chi connectivity index (χ0) is 32.9. The van der Waals surface area contributed by atoms with Crippen LogP contribution < -0.4 is 16.0 Å². The number of piperidine rings is 3. The Morgan fingerprint density at radius 2 is 1.51 bits per heavy atom. The van der Waals surface area contributed by atoms with Crippen LogP contribution >= 0.6 is 0 Å². The molecule has 3 N–H and O–H groups in total. The van der Waals surface area contributed by atoms with Crippen LogP contribution in [0.5, 0.6) is 0 Å². The second kappa shape index (κ2) is 14.8. The van der Waals surface area contributed by atoms with Crippen LogP contribution in [0.1, 0.15) is 68.1 Å². The molecule has 2 aromatic rings. The fourth-order valence-corrected chi connectivity index (χ4v) is 7.61. The van der Waals surface area contributed by atoms with Gasteiger partial charge in [0.15, 0.2) is 0 Å². The van der Waals surface area contributed by atoms with Gasteiger partial charge in [-0.2, -0.15) is 0 Å². The minimum absolute atomic E-state index is 0.0208. The summed E-state index contributed by atoms with van der Waals surface area (Å²) in [7, 11) is 0. The maximum absolute atomic E-state index is 14.0. The molecule has 1 atom stereocenters. The number of likely N-dealkylation sites (tertiary alicyclic amines) is 3. The molecular weight excluding hydrogens is 594 g/mol. The van der Waals surface area contributed by atoms with E-state index in [4.69, 9.17) is 0 Å². The number of anilines is 2. The summed E-state index contributed by atoms with van der Waals surface area (Å²) in [5.41, 5.74) is 4.61. The lowest BCUT2D eigenvalue weighted by atomic mass is 9.98. The quantitative estimate of drug-likeness (QED) is 0.405. The number of hydrogen-bond donors (Lipinski definition) is 3. The molecule has 0 aromatic heterocycles. The number of hydrogen-bond acceptors (Lipinski definition) is 5. The lowest BCUT2D eigenvalue weighted by Gasteiger charge is -2.41. The number of carbonyl (C=O) groups is 4. The van der Waals surface area contributed by atoms with E-state index < -0.39 is 12.1 Å². The second-order valence-electron chi connectivity index (χ2n) is 13.6. The van der Waals surface area contributed by atoms with Gasteiger partial charge in [-0.05, 0) is 94.3 Å². The predicted octanol–water partition coefficient (Wildman–Crippen LogP) is 4.70. The molecule has 47 heavy (non-hydrogen) atoms. The number of fused-ring (bicyclic) bond motifs is 1. The Balaban J connectivity index is 1.08. The Hall–Kier alpha value is -4.12. The predicted molar refractivity (Wildman–Crippen MR) is 182 cm³/mol. The maximum atomic E-state index is 14.0. The van der Waals surface area contributed by atoms with Crippen LogP contribution in [0.2, 0.25) is 0 Å². The minimum Gasteiger partial charge on any atom is -0.342 e. The molecule has 3 fully saturated rings. The molecule has 0 radical (unpaired) electrons. The molecule has 2 aromatic carbocycles. The third-order valence-electron chi connectivity index (χ3n) is 10.6. The van der Waals surface area contributed by atoms with Gasteiger partial charge >= 0.3 is 12.1 Å². The van der Waals surface area contributed by atoms with Crippen LogP contribution in [0.15, 0.2) is 42.5 Å². The summed E-state index contributed by atoms with van der Waals surface area (Å²) >= 11 is 0. The highest BCUT2D eigenvalue weighted by Crippen LogP contribution is 2.28. The third-order valence-corrected chi connectivity index (χ3v) is 10.6. The number of rotatable bonds is 7. The largest absolute Gasteiger partial charge is 0.342 e. The first-order chi connectivity index (χ1) is 22.8. The van der Waals surface area contributed by atoms with E-state index in [2.05, 4.69) is 20.9 Å². The number of nitrogens with one attached hydrogen (secondary N) is 3. The summed E-state index contributed by atoms with van der Waals surface area (Å²) < 4.78 is 0. The molecule has 0 spiro atoms. The van der Waals surface area contributed by atoms with Gasteiger partial charge in [0, 0.05) is 56.2 Å². The zero-order valence-corrected chi connectivity index (χ0v) is 27.8. The summed E-state index contributed by atoms with van der Waals surface area (Å²) in [4.78, 5) is 61.8. The third kappa shape index (κ3) is 7.72. The van der Waals surface area contributed by atoms with E-state index in [1.807, 2.05) is 66.1 Å². The summed E-state index contributed by atoms with van der Waals surface area (Å²) in [5.74, 6) is -0.365. The van der Waals surface area contributed by atoms with Gasteiger partial charge in [-0.3, -0.25) is 9.59 Å². The maximum Gasteiger partial charge on any atom is 0.322 e. The molecule has 4 aliphatic heterocycles. The van der Waals surface area contributed by atoms with Crippen LogP contribution in [-0.4, -0.2) is 101 Å². The number of aryl methyl sites for hydroxylation is 1. The molecule has 4 aliphatic rings. The molecule has 0 unspecified atom stereocenters. The molecule has 4 heterocycles. The monoisotopic (exact) mass is 643 g/mol. The number of benzene rings is 2. The van der Waals surface area contributed by atoms with Gasteiger partial charge < -0.3 is 35.6 Å². The van der Waals surface area contributed by atoms with E-state index in [0.717, 1.165) is 48.3 Å². The van der Waals surface area contributed by atoms with E-state index in [1.54, 1.807) is 4.90 Å². The summed E-state index contributed by atoms with van der Waals surface area (Å²) in [6, 6.07) is 12.4. The molecule has 0 aliphatic carbocycles. The molecule has 0 saturated carbocycles. The summed E-state index contributed by atoms with van der Waals surface area (Å²) in [6.07, 6.45) is 6.78. The highest BCUT2D eigenvalue weighted by Gasteiger charge is 2.36. The standard InChI is InChI=1S/C36H49N7O4/c1-25-9-8-12-30(26(25)2)37-35(46)38-32(34(45)42-21-13-28(14-22-42)40-17-6-3-7-18-40)23-33(44)41-19-15-29(16-20-41)43-24-27-10-4-5-11-31(27)39-36(43)47/h4-5,8-12,28-29,32H,3,6-7,13-24H2,1-2H3,(H,39,47)(H2,37,38,46)/t32-/m0/s1.